The summed E-state index contributed by atoms with van der Waals surface area (Å²) >= 11 is 0. The molecule has 38 heavy (non-hydrogen) atoms. The predicted molar refractivity (Wildman–Crippen MR) is 117 cm³/mol. The van der Waals surface area contributed by atoms with E-state index < -0.39 is 117 Å². The van der Waals surface area contributed by atoms with Crippen LogP contribution in [0.1, 0.15) is 13.8 Å². The molecule has 0 bridgehead atoms. The zero-order chi connectivity index (χ0) is 28.5. The van der Waals surface area contributed by atoms with Crippen molar-refractivity contribution >= 4 is 5.91 Å². The van der Waals surface area contributed by atoms with E-state index in [0.717, 1.165) is 6.92 Å². The van der Waals surface area contributed by atoms with E-state index in [-0.39, 0.29) is 0 Å². The van der Waals surface area contributed by atoms with E-state index in [1.54, 1.807) is 0 Å². The molecular formula is C21H37NO16. The minimum absolute atomic E-state index is 0.647. The number of aliphatic hydroxyl groups is 10. The average molecular weight is 560 g/mol. The van der Waals surface area contributed by atoms with Crippen LogP contribution in [0.5, 0.6) is 0 Å². The van der Waals surface area contributed by atoms with Gasteiger partial charge in [0, 0.05) is 6.92 Å². The topological polar surface area (TPSA) is 278 Å². The van der Waals surface area contributed by atoms with Gasteiger partial charge in [-0.1, -0.05) is 0 Å². The molecule has 0 unspecified atom stereocenters. The van der Waals surface area contributed by atoms with E-state index in [4.69, 9.17) is 23.7 Å². The van der Waals surface area contributed by atoms with Crippen LogP contribution in [-0.2, 0) is 28.5 Å². The van der Waals surface area contributed by atoms with Crippen molar-refractivity contribution in [3.05, 3.63) is 0 Å². The van der Waals surface area contributed by atoms with Crippen molar-refractivity contribution in [2.24, 2.45) is 0 Å². The molecule has 11 N–H and O–H groups in total. The lowest BCUT2D eigenvalue weighted by molar-refractivity contribution is -0.370. The Morgan fingerprint density at radius 3 is 1.87 bits per heavy atom. The molecule has 0 spiro atoms. The number of amides is 1. The lowest BCUT2D eigenvalue weighted by atomic mass is 9.95. The summed E-state index contributed by atoms with van der Waals surface area (Å²) in [5.74, 6) is -0.647. The first kappa shape index (κ1) is 31.4. The van der Waals surface area contributed by atoms with Gasteiger partial charge in [-0.25, -0.2) is 0 Å². The van der Waals surface area contributed by atoms with Gasteiger partial charge in [0.05, 0.1) is 19.3 Å². The quantitative estimate of drug-likeness (QED) is 0.132. The minimum Gasteiger partial charge on any atom is -0.394 e. The van der Waals surface area contributed by atoms with Crippen molar-refractivity contribution in [1.82, 2.24) is 5.32 Å². The summed E-state index contributed by atoms with van der Waals surface area (Å²) in [7, 11) is 0. The SMILES string of the molecule is CC(=O)N[C@H]1[C@H](O[C@@H]2[C@@H](O[C@H](C)[C@H]3O[C@H](O)[C@H](O)[C@@H](O)[C@@H]3O)O[C@H](CO)[C@@H](O)[C@@H]2O)O[C@H](CO)[C@@H](O)[C@@H]1O. The van der Waals surface area contributed by atoms with Crippen LogP contribution in [0.15, 0.2) is 0 Å². The summed E-state index contributed by atoms with van der Waals surface area (Å²) in [4.78, 5) is 11.7. The summed E-state index contributed by atoms with van der Waals surface area (Å²) < 4.78 is 27.7. The number of hydrogen-bond acceptors (Lipinski definition) is 16. The molecule has 0 aliphatic carbocycles. The number of nitrogens with one attached hydrogen (secondary N) is 1. The van der Waals surface area contributed by atoms with Crippen LogP contribution >= 0.6 is 0 Å². The van der Waals surface area contributed by atoms with Gasteiger partial charge in [0.2, 0.25) is 5.91 Å². The van der Waals surface area contributed by atoms with Crippen molar-refractivity contribution in [1.29, 1.82) is 0 Å². The Kier molecular flexibility index (Phi) is 10.8. The van der Waals surface area contributed by atoms with E-state index in [1.807, 2.05) is 0 Å². The lowest BCUT2D eigenvalue weighted by Crippen LogP contribution is -2.68. The highest BCUT2D eigenvalue weighted by molar-refractivity contribution is 5.73. The maximum atomic E-state index is 11.7. The van der Waals surface area contributed by atoms with E-state index in [1.165, 1.54) is 6.92 Å². The highest BCUT2D eigenvalue weighted by Gasteiger charge is 2.53. The highest BCUT2D eigenvalue weighted by Crippen LogP contribution is 2.32. The molecule has 222 valence electrons. The Balaban J connectivity index is 1.85. The average Bonchev–Trinajstić information content (AvgIpc) is 2.87. The highest BCUT2D eigenvalue weighted by atomic mass is 16.8. The van der Waals surface area contributed by atoms with Crippen LogP contribution in [0.4, 0.5) is 0 Å². The molecule has 0 aromatic rings. The molecule has 3 fully saturated rings. The summed E-state index contributed by atoms with van der Waals surface area (Å²) in [5, 5.41) is 103. The molecular weight excluding hydrogens is 522 g/mol. The van der Waals surface area contributed by atoms with E-state index in [0.29, 0.717) is 0 Å². The van der Waals surface area contributed by atoms with Crippen molar-refractivity contribution in [2.75, 3.05) is 13.2 Å². The van der Waals surface area contributed by atoms with Crippen LogP contribution in [0.2, 0.25) is 0 Å². The van der Waals surface area contributed by atoms with Gasteiger partial charge in [0.1, 0.15) is 73.2 Å². The van der Waals surface area contributed by atoms with Crippen LogP contribution in [0.3, 0.4) is 0 Å². The number of carbonyl (C=O) groups excluding carboxylic acids is 1. The molecule has 3 aliphatic heterocycles. The van der Waals surface area contributed by atoms with Crippen molar-refractivity contribution in [3.63, 3.8) is 0 Å². The number of aliphatic hydroxyl groups excluding tert-OH is 10. The van der Waals surface area contributed by atoms with E-state index in [9.17, 15) is 55.9 Å². The summed E-state index contributed by atoms with van der Waals surface area (Å²) in [5.41, 5.74) is 0. The maximum absolute atomic E-state index is 11.7. The van der Waals surface area contributed by atoms with Gasteiger partial charge in [-0.3, -0.25) is 4.79 Å². The first-order valence-electron chi connectivity index (χ1n) is 12.0. The van der Waals surface area contributed by atoms with Gasteiger partial charge in [-0.15, -0.1) is 0 Å². The van der Waals surface area contributed by atoms with Crippen molar-refractivity contribution < 1.29 is 79.5 Å². The van der Waals surface area contributed by atoms with Gasteiger partial charge in [-0.2, -0.15) is 0 Å². The molecule has 0 saturated carbocycles. The molecule has 3 heterocycles. The first-order valence-corrected chi connectivity index (χ1v) is 12.0. The summed E-state index contributed by atoms with van der Waals surface area (Å²) in [6.07, 6.45) is -24.5. The zero-order valence-corrected chi connectivity index (χ0v) is 20.6. The van der Waals surface area contributed by atoms with Gasteiger partial charge in [-0.05, 0) is 6.92 Å². The number of ether oxygens (including phenoxy) is 5. The second kappa shape index (κ2) is 13.0. The van der Waals surface area contributed by atoms with Gasteiger partial charge in [0.15, 0.2) is 18.9 Å². The fourth-order valence-corrected chi connectivity index (χ4v) is 4.62. The molecule has 17 nitrogen and oxygen atoms in total. The van der Waals surface area contributed by atoms with Crippen molar-refractivity contribution in [3.8, 4) is 0 Å². The lowest BCUT2D eigenvalue weighted by Gasteiger charge is -2.48. The predicted octanol–water partition coefficient (Wildman–Crippen LogP) is -7.04. The van der Waals surface area contributed by atoms with Crippen LogP contribution in [-0.4, -0.2) is 168 Å². The molecule has 0 radical (unpaired) electrons. The van der Waals surface area contributed by atoms with Gasteiger partial charge >= 0.3 is 0 Å². The zero-order valence-electron chi connectivity index (χ0n) is 20.6. The fourth-order valence-electron chi connectivity index (χ4n) is 4.62. The monoisotopic (exact) mass is 559 g/mol. The first-order chi connectivity index (χ1) is 17.8. The Morgan fingerprint density at radius 2 is 1.32 bits per heavy atom. The number of carbonyl (C=O) groups is 1. The Labute approximate surface area is 216 Å². The largest absolute Gasteiger partial charge is 0.394 e. The molecule has 16 atom stereocenters. The molecule has 0 aromatic carbocycles. The van der Waals surface area contributed by atoms with Gasteiger partial charge in [0.25, 0.3) is 0 Å². The third kappa shape index (κ3) is 6.43. The summed E-state index contributed by atoms with van der Waals surface area (Å²) in [6, 6.07) is -1.42. The molecule has 3 saturated heterocycles. The molecule has 3 rings (SSSR count). The third-order valence-electron chi connectivity index (χ3n) is 6.80. The van der Waals surface area contributed by atoms with Gasteiger partial charge < -0.3 is 80.1 Å². The third-order valence-corrected chi connectivity index (χ3v) is 6.80. The Morgan fingerprint density at radius 1 is 0.763 bits per heavy atom. The minimum atomic E-state index is -1.88. The molecule has 3 aliphatic rings. The van der Waals surface area contributed by atoms with Crippen LogP contribution < -0.4 is 5.32 Å². The Hall–Kier alpha value is -1.13. The molecule has 17 heteroatoms. The molecule has 1 amide bonds. The molecule has 0 aromatic heterocycles. The standard InChI is InChI=1S/C21H37NO16/c1-5(17-15(31)13(29)16(32)19(33)37-17)34-21-18(14(30)11(27)8(4-24)36-21)38-20-9(22-6(2)25)12(28)10(26)7(3-23)35-20/h5,7-21,23-24,26-33H,3-4H2,1-2H3,(H,22,25)/t5-,7-,8-,9-,10-,11-,12-,13+,14+,15+,16-,17-,18+,19+,20+,21+/m1/s1. The van der Waals surface area contributed by atoms with Crippen LogP contribution in [0, 0.1) is 0 Å². The second-order valence-electron chi connectivity index (χ2n) is 9.54. The second-order valence-corrected chi connectivity index (χ2v) is 9.54. The number of rotatable bonds is 8. The number of hydrogen-bond donors (Lipinski definition) is 11. The normalized spacial score (nSPS) is 48.9. The maximum Gasteiger partial charge on any atom is 0.217 e. The fraction of sp³-hybridized carbons (Fsp3) is 0.952. The van der Waals surface area contributed by atoms with E-state index in [2.05, 4.69) is 5.32 Å². The Bertz CT molecular complexity index is 778. The van der Waals surface area contributed by atoms with E-state index >= 15 is 0 Å². The smallest absolute Gasteiger partial charge is 0.217 e. The van der Waals surface area contributed by atoms with Crippen molar-refractivity contribution in [2.45, 2.75) is 112 Å². The van der Waals surface area contributed by atoms with Crippen LogP contribution in [0.25, 0.3) is 0 Å². The summed E-state index contributed by atoms with van der Waals surface area (Å²) in [6.45, 7) is 0.923.